The molecule has 2 heterocycles. The number of hydrogen-bond acceptors (Lipinski definition) is 4. The Morgan fingerprint density at radius 3 is 2.80 bits per heavy atom. The van der Waals surface area contributed by atoms with Crippen LogP contribution in [-0.2, 0) is 13.1 Å². The maximum absolute atomic E-state index is 5.21. The van der Waals surface area contributed by atoms with Gasteiger partial charge < -0.3 is 14.3 Å². The van der Waals surface area contributed by atoms with Crippen LogP contribution in [0.15, 0.2) is 27.3 Å². The predicted molar refractivity (Wildman–Crippen MR) is 55.2 cm³/mol. The van der Waals surface area contributed by atoms with Crippen molar-refractivity contribution < 1.29 is 8.94 Å². The van der Waals surface area contributed by atoms with Gasteiger partial charge in [-0.25, -0.2) is 0 Å². The van der Waals surface area contributed by atoms with Crippen LogP contribution in [0.5, 0.6) is 0 Å². The van der Waals surface area contributed by atoms with E-state index in [1.54, 1.807) is 6.26 Å². The Morgan fingerprint density at radius 1 is 1.33 bits per heavy atom. The average molecular weight is 206 g/mol. The summed E-state index contributed by atoms with van der Waals surface area (Å²) in [5.74, 6) is 1.81. The Bertz CT molecular complexity index is 398. The van der Waals surface area contributed by atoms with Crippen LogP contribution in [0.1, 0.15) is 22.8 Å². The van der Waals surface area contributed by atoms with Crippen LogP contribution in [0.25, 0.3) is 0 Å². The molecule has 2 rings (SSSR count). The molecule has 15 heavy (non-hydrogen) atoms. The molecular formula is C11H14N2O2. The molecule has 80 valence electrons. The fourth-order valence-corrected chi connectivity index (χ4v) is 1.48. The van der Waals surface area contributed by atoms with Gasteiger partial charge in [0, 0.05) is 12.1 Å². The zero-order chi connectivity index (χ0) is 10.7. The molecule has 4 heteroatoms. The topological polar surface area (TPSA) is 51.2 Å². The molecule has 4 nitrogen and oxygen atoms in total. The molecule has 0 spiro atoms. The van der Waals surface area contributed by atoms with Gasteiger partial charge in [-0.05, 0) is 26.0 Å². The lowest BCUT2D eigenvalue weighted by Gasteiger charge is -2.01. The highest BCUT2D eigenvalue weighted by atomic mass is 16.5. The third-order valence-corrected chi connectivity index (χ3v) is 2.36. The van der Waals surface area contributed by atoms with Gasteiger partial charge in [0.1, 0.15) is 11.5 Å². The molecule has 0 unspecified atom stereocenters. The van der Waals surface area contributed by atoms with Gasteiger partial charge in [0.2, 0.25) is 0 Å². The number of nitrogens with zero attached hydrogens (tertiary/aromatic N) is 1. The van der Waals surface area contributed by atoms with Crippen LogP contribution in [-0.4, -0.2) is 5.16 Å². The van der Waals surface area contributed by atoms with Crippen molar-refractivity contribution in [2.45, 2.75) is 26.9 Å². The Kier molecular flexibility index (Phi) is 2.87. The predicted octanol–water partition coefficient (Wildman–Crippen LogP) is 2.17. The Balaban J connectivity index is 1.89. The van der Waals surface area contributed by atoms with Crippen LogP contribution in [0.3, 0.4) is 0 Å². The van der Waals surface area contributed by atoms with E-state index in [9.17, 15) is 0 Å². The minimum atomic E-state index is 0.719. The average Bonchev–Trinajstić information content (AvgIpc) is 2.82. The van der Waals surface area contributed by atoms with E-state index in [4.69, 9.17) is 8.94 Å². The molecular weight excluding hydrogens is 192 g/mol. The highest BCUT2D eigenvalue weighted by Crippen LogP contribution is 2.11. The molecule has 0 amide bonds. The molecule has 0 aliphatic carbocycles. The summed E-state index contributed by atoms with van der Waals surface area (Å²) in [4.78, 5) is 0. The van der Waals surface area contributed by atoms with E-state index in [0.29, 0.717) is 0 Å². The lowest BCUT2D eigenvalue weighted by atomic mass is 10.2. The first kappa shape index (κ1) is 9.98. The van der Waals surface area contributed by atoms with Crippen molar-refractivity contribution in [2.24, 2.45) is 0 Å². The summed E-state index contributed by atoms with van der Waals surface area (Å²) in [5, 5.41) is 7.17. The van der Waals surface area contributed by atoms with Gasteiger partial charge in [-0.3, -0.25) is 0 Å². The summed E-state index contributed by atoms with van der Waals surface area (Å²) in [6.07, 6.45) is 1.67. The number of hydrogen-bond donors (Lipinski definition) is 1. The lowest BCUT2D eigenvalue weighted by molar-refractivity contribution is 0.391. The van der Waals surface area contributed by atoms with E-state index < -0.39 is 0 Å². The smallest absolute Gasteiger partial charge is 0.138 e. The van der Waals surface area contributed by atoms with E-state index >= 15 is 0 Å². The van der Waals surface area contributed by atoms with Crippen LogP contribution < -0.4 is 5.32 Å². The minimum absolute atomic E-state index is 0.719. The Labute approximate surface area is 88.3 Å². The maximum atomic E-state index is 5.21. The highest BCUT2D eigenvalue weighted by Gasteiger charge is 2.07. The van der Waals surface area contributed by atoms with E-state index in [-0.39, 0.29) is 0 Å². The van der Waals surface area contributed by atoms with Crippen molar-refractivity contribution in [3.63, 3.8) is 0 Å². The summed E-state index contributed by atoms with van der Waals surface area (Å²) < 4.78 is 10.3. The summed E-state index contributed by atoms with van der Waals surface area (Å²) in [7, 11) is 0. The first-order valence-electron chi connectivity index (χ1n) is 4.92. The number of aromatic nitrogens is 1. The first-order valence-corrected chi connectivity index (χ1v) is 4.92. The van der Waals surface area contributed by atoms with Crippen molar-refractivity contribution in [1.82, 2.24) is 10.5 Å². The molecule has 0 saturated carbocycles. The number of furan rings is 1. The molecule has 1 N–H and O–H groups in total. The molecule has 2 aromatic rings. The van der Waals surface area contributed by atoms with Gasteiger partial charge in [-0.1, -0.05) is 5.16 Å². The second-order valence-corrected chi connectivity index (χ2v) is 3.49. The zero-order valence-corrected chi connectivity index (χ0v) is 8.91. The molecule has 0 atom stereocenters. The maximum Gasteiger partial charge on any atom is 0.138 e. The van der Waals surface area contributed by atoms with Crippen molar-refractivity contribution in [3.05, 3.63) is 41.2 Å². The number of rotatable bonds is 4. The Morgan fingerprint density at radius 2 is 2.20 bits per heavy atom. The quantitative estimate of drug-likeness (QED) is 0.833. The molecule has 0 fully saturated rings. The van der Waals surface area contributed by atoms with Gasteiger partial charge >= 0.3 is 0 Å². The summed E-state index contributed by atoms with van der Waals surface area (Å²) in [5.41, 5.74) is 2.07. The highest BCUT2D eigenvalue weighted by molar-refractivity contribution is 5.20. The van der Waals surface area contributed by atoms with Gasteiger partial charge in [0.15, 0.2) is 0 Å². The van der Waals surface area contributed by atoms with Crippen LogP contribution in [0.2, 0.25) is 0 Å². The van der Waals surface area contributed by atoms with Crippen molar-refractivity contribution in [2.75, 3.05) is 0 Å². The summed E-state index contributed by atoms with van der Waals surface area (Å²) >= 11 is 0. The third kappa shape index (κ3) is 2.27. The van der Waals surface area contributed by atoms with Crippen LogP contribution in [0, 0.1) is 13.8 Å². The van der Waals surface area contributed by atoms with Crippen molar-refractivity contribution in [3.8, 4) is 0 Å². The van der Waals surface area contributed by atoms with Gasteiger partial charge in [-0.15, -0.1) is 0 Å². The molecule has 2 aromatic heterocycles. The van der Waals surface area contributed by atoms with Gasteiger partial charge in [0.05, 0.1) is 18.5 Å². The fraction of sp³-hybridized carbons (Fsp3) is 0.364. The van der Waals surface area contributed by atoms with Crippen molar-refractivity contribution >= 4 is 0 Å². The minimum Gasteiger partial charge on any atom is -0.468 e. The molecule has 0 aliphatic heterocycles. The second-order valence-electron chi connectivity index (χ2n) is 3.49. The fourth-order valence-electron chi connectivity index (χ4n) is 1.48. The standard InChI is InChI=1S/C11H14N2O2/c1-8-11(9(2)15-13-8)7-12-6-10-4-3-5-14-10/h3-5,12H,6-7H2,1-2H3. The summed E-state index contributed by atoms with van der Waals surface area (Å²) in [6.45, 7) is 5.34. The molecule has 0 aliphatic rings. The lowest BCUT2D eigenvalue weighted by Crippen LogP contribution is -2.13. The second kappa shape index (κ2) is 4.31. The number of aryl methyl sites for hydroxylation is 2. The van der Waals surface area contributed by atoms with Crippen molar-refractivity contribution in [1.29, 1.82) is 0 Å². The van der Waals surface area contributed by atoms with Gasteiger partial charge in [0.25, 0.3) is 0 Å². The van der Waals surface area contributed by atoms with Crippen LogP contribution >= 0.6 is 0 Å². The van der Waals surface area contributed by atoms with E-state index in [1.807, 2.05) is 26.0 Å². The van der Waals surface area contributed by atoms with E-state index in [1.165, 1.54) is 0 Å². The largest absolute Gasteiger partial charge is 0.468 e. The molecule has 0 aromatic carbocycles. The van der Waals surface area contributed by atoms with Crippen LogP contribution in [0.4, 0.5) is 0 Å². The normalized spacial score (nSPS) is 10.8. The van der Waals surface area contributed by atoms with E-state index in [2.05, 4.69) is 10.5 Å². The van der Waals surface area contributed by atoms with Gasteiger partial charge in [-0.2, -0.15) is 0 Å². The molecule has 0 saturated heterocycles. The zero-order valence-electron chi connectivity index (χ0n) is 8.91. The SMILES string of the molecule is Cc1noc(C)c1CNCc1ccco1. The first-order chi connectivity index (χ1) is 7.27. The molecule has 0 bridgehead atoms. The monoisotopic (exact) mass is 206 g/mol. The third-order valence-electron chi connectivity index (χ3n) is 2.36. The summed E-state index contributed by atoms with van der Waals surface area (Å²) in [6, 6.07) is 3.83. The molecule has 0 radical (unpaired) electrons. The Hall–Kier alpha value is -1.55. The van der Waals surface area contributed by atoms with E-state index in [0.717, 1.165) is 35.9 Å². The number of nitrogens with one attached hydrogen (secondary N) is 1.